The van der Waals surface area contributed by atoms with Crippen LogP contribution in [0.1, 0.15) is 5.82 Å². The number of piperazine rings is 1. The van der Waals surface area contributed by atoms with Crippen molar-refractivity contribution in [2.45, 2.75) is 6.42 Å². The number of halogens is 2. The Morgan fingerprint density at radius 3 is 2.52 bits per heavy atom. The van der Waals surface area contributed by atoms with Crippen molar-refractivity contribution in [2.75, 3.05) is 37.6 Å². The predicted molar refractivity (Wildman–Crippen MR) is 114 cm³/mol. The number of pyridine rings is 1. The van der Waals surface area contributed by atoms with Crippen molar-refractivity contribution < 1.29 is 8.78 Å². The van der Waals surface area contributed by atoms with E-state index in [2.05, 4.69) is 25.4 Å². The van der Waals surface area contributed by atoms with Crippen molar-refractivity contribution in [3.63, 3.8) is 0 Å². The van der Waals surface area contributed by atoms with E-state index in [1.54, 1.807) is 12.1 Å². The number of nitrogens with one attached hydrogen (secondary N) is 2. The molecule has 0 atom stereocenters. The van der Waals surface area contributed by atoms with Crippen LogP contribution in [-0.4, -0.2) is 52.5 Å². The molecule has 1 aliphatic heterocycles. The van der Waals surface area contributed by atoms with Gasteiger partial charge in [-0.05, 0) is 24.3 Å². The normalized spacial score (nSPS) is 14.0. The highest BCUT2D eigenvalue weighted by atomic mass is 19.3. The fourth-order valence-corrected chi connectivity index (χ4v) is 3.57. The second kappa shape index (κ2) is 9.19. The highest BCUT2D eigenvalue weighted by molar-refractivity contribution is 5.64. The van der Waals surface area contributed by atoms with Gasteiger partial charge in [-0.25, -0.2) is 19.4 Å². The number of anilines is 1. The van der Waals surface area contributed by atoms with Gasteiger partial charge < -0.3 is 16.0 Å². The maximum absolute atomic E-state index is 13.0. The van der Waals surface area contributed by atoms with E-state index in [9.17, 15) is 13.6 Å². The van der Waals surface area contributed by atoms with Gasteiger partial charge in [0, 0.05) is 56.0 Å². The molecular weight excluding hydrogens is 404 g/mol. The molecule has 3 aromatic rings. The van der Waals surface area contributed by atoms with Crippen LogP contribution in [0.5, 0.6) is 0 Å². The van der Waals surface area contributed by atoms with Crippen LogP contribution >= 0.6 is 0 Å². The smallest absolute Gasteiger partial charge is 0.349 e. The second-order valence-corrected chi connectivity index (χ2v) is 7.19. The monoisotopic (exact) mass is 427 g/mol. The second-order valence-electron chi connectivity index (χ2n) is 7.19. The maximum atomic E-state index is 13.0. The summed E-state index contributed by atoms with van der Waals surface area (Å²) in [5.74, 6) is 0.421. The van der Waals surface area contributed by atoms with Crippen molar-refractivity contribution in [1.82, 2.24) is 25.1 Å². The number of rotatable bonds is 6. The first-order chi connectivity index (χ1) is 15.1. The molecule has 8 nitrogen and oxygen atoms in total. The number of benzene rings is 1. The minimum Gasteiger partial charge on any atom is -0.369 e. The Morgan fingerprint density at radius 2 is 1.84 bits per heavy atom. The highest BCUT2D eigenvalue weighted by Gasteiger charge is 2.16. The number of nitrogens with two attached hydrogens (primary N) is 1. The van der Waals surface area contributed by atoms with E-state index in [0.29, 0.717) is 11.5 Å². The SMILES string of the molecule is NCC(Cc1n[nH]c(=O)n1-c1cccc(-c2ccc(N3CCNCC3)cc2)n1)=C(F)F. The Hall–Kier alpha value is -3.37. The average Bonchev–Trinajstić information content (AvgIpc) is 3.18. The summed E-state index contributed by atoms with van der Waals surface area (Å²) < 4.78 is 27.3. The van der Waals surface area contributed by atoms with Gasteiger partial charge in [0.25, 0.3) is 6.08 Å². The van der Waals surface area contributed by atoms with Crippen LogP contribution in [0.15, 0.2) is 58.9 Å². The fraction of sp³-hybridized carbons (Fsp3) is 0.286. The van der Waals surface area contributed by atoms with Crippen molar-refractivity contribution in [3.05, 3.63) is 70.4 Å². The van der Waals surface area contributed by atoms with Crippen LogP contribution in [0.4, 0.5) is 14.5 Å². The summed E-state index contributed by atoms with van der Waals surface area (Å²) in [7, 11) is 0. The first-order valence-electron chi connectivity index (χ1n) is 9.99. The molecule has 2 aromatic heterocycles. The molecule has 10 heteroatoms. The van der Waals surface area contributed by atoms with Gasteiger partial charge in [0.05, 0.1) is 5.69 Å². The Morgan fingerprint density at radius 1 is 1.10 bits per heavy atom. The summed E-state index contributed by atoms with van der Waals surface area (Å²) >= 11 is 0. The Labute approximate surface area is 177 Å². The van der Waals surface area contributed by atoms with Gasteiger partial charge in [0.15, 0.2) is 0 Å². The van der Waals surface area contributed by atoms with Gasteiger partial charge in [-0.15, -0.1) is 0 Å². The van der Waals surface area contributed by atoms with Crippen LogP contribution in [0.3, 0.4) is 0 Å². The van der Waals surface area contributed by atoms with Gasteiger partial charge in [-0.3, -0.25) is 0 Å². The zero-order valence-corrected chi connectivity index (χ0v) is 16.8. The Balaban J connectivity index is 1.63. The van der Waals surface area contributed by atoms with Crippen molar-refractivity contribution in [3.8, 4) is 17.1 Å². The zero-order valence-electron chi connectivity index (χ0n) is 16.8. The number of aromatic nitrogens is 4. The molecule has 1 saturated heterocycles. The van der Waals surface area contributed by atoms with E-state index in [0.717, 1.165) is 37.4 Å². The number of H-pyrrole nitrogens is 1. The maximum Gasteiger partial charge on any atom is 0.349 e. The molecule has 0 spiro atoms. The lowest BCUT2D eigenvalue weighted by atomic mass is 10.1. The third-order valence-corrected chi connectivity index (χ3v) is 5.24. The predicted octanol–water partition coefficient (Wildman–Crippen LogP) is 1.68. The van der Waals surface area contributed by atoms with E-state index in [-0.39, 0.29) is 24.4 Å². The molecule has 4 N–H and O–H groups in total. The molecule has 1 fully saturated rings. The summed E-state index contributed by atoms with van der Waals surface area (Å²) in [6.45, 7) is 3.51. The molecule has 31 heavy (non-hydrogen) atoms. The van der Waals surface area contributed by atoms with E-state index < -0.39 is 11.8 Å². The molecule has 4 rings (SSSR count). The third kappa shape index (κ3) is 4.54. The van der Waals surface area contributed by atoms with Crippen LogP contribution in [0.2, 0.25) is 0 Å². The molecule has 0 aliphatic carbocycles. The van der Waals surface area contributed by atoms with Crippen LogP contribution in [0.25, 0.3) is 17.1 Å². The summed E-state index contributed by atoms with van der Waals surface area (Å²) in [6.07, 6.45) is -2.11. The van der Waals surface area contributed by atoms with Crippen molar-refractivity contribution in [1.29, 1.82) is 0 Å². The third-order valence-electron chi connectivity index (χ3n) is 5.24. The highest BCUT2D eigenvalue weighted by Crippen LogP contribution is 2.23. The molecule has 0 amide bonds. The van der Waals surface area contributed by atoms with Gasteiger partial charge in [0.2, 0.25) is 0 Å². The molecule has 1 aromatic carbocycles. The molecule has 162 valence electrons. The summed E-state index contributed by atoms with van der Waals surface area (Å²) in [5.41, 5.74) is 7.26. The molecule has 0 saturated carbocycles. The van der Waals surface area contributed by atoms with Gasteiger partial charge in [-0.1, -0.05) is 18.2 Å². The van der Waals surface area contributed by atoms with E-state index >= 15 is 0 Å². The minimum absolute atomic E-state index is 0.122. The first kappa shape index (κ1) is 20.9. The topological polar surface area (TPSA) is 105 Å². The van der Waals surface area contributed by atoms with Crippen molar-refractivity contribution in [2.24, 2.45) is 5.73 Å². The lowest BCUT2D eigenvalue weighted by Crippen LogP contribution is -2.43. The first-order valence-corrected chi connectivity index (χ1v) is 9.99. The number of nitrogens with zero attached hydrogens (tertiary/aromatic N) is 4. The fourth-order valence-electron chi connectivity index (χ4n) is 3.57. The Kier molecular flexibility index (Phi) is 6.19. The van der Waals surface area contributed by atoms with E-state index in [1.165, 1.54) is 4.57 Å². The molecule has 0 bridgehead atoms. The largest absolute Gasteiger partial charge is 0.369 e. The molecule has 3 heterocycles. The van der Waals surface area contributed by atoms with Crippen LogP contribution < -0.4 is 21.6 Å². The van der Waals surface area contributed by atoms with Crippen LogP contribution in [0, 0.1) is 0 Å². The zero-order chi connectivity index (χ0) is 21.8. The average molecular weight is 427 g/mol. The van der Waals surface area contributed by atoms with E-state index in [4.69, 9.17) is 5.73 Å². The lowest BCUT2D eigenvalue weighted by Gasteiger charge is -2.29. The molecule has 0 unspecified atom stereocenters. The van der Waals surface area contributed by atoms with Crippen LogP contribution in [-0.2, 0) is 6.42 Å². The standard InChI is InChI=1S/C21H23F2N7O/c22-20(23)15(13-24)12-19-27-28-21(31)30(19)18-3-1-2-17(26-18)14-4-6-16(7-5-14)29-10-8-25-9-11-29/h1-7,25H,8-13,24H2,(H,28,31). The molecule has 1 aliphatic rings. The minimum atomic E-state index is -1.87. The van der Waals surface area contributed by atoms with Gasteiger partial charge >= 0.3 is 5.69 Å². The Bertz CT molecular complexity index is 1130. The van der Waals surface area contributed by atoms with Crippen molar-refractivity contribution >= 4 is 5.69 Å². The lowest BCUT2D eigenvalue weighted by molar-refractivity contribution is 0.407. The van der Waals surface area contributed by atoms with Gasteiger partial charge in [0.1, 0.15) is 11.6 Å². The number of hydrogen-bond acceptors (Lipinski definition) is 6. The summed E-state index contributed by atoms with van der Waals surface area (Å²) in [4.78, 5) is 19.2. The summed E-state index contributed by atoms with van der Waals surface area (Å²) in [5, 5.41) is 9.52. The quantitative estimate of drug-likeness (QED) is 0.553. The molecule has 0 radical (unpaired) electrons. The number of hydrogen-bond donors (Lipinski definition) is 3. The van der Waals surface area contributed by atoms with Gasteiger partial charge in [-0.2, -0.15) is 13.9 Å². The number of aromatic amines is 1. The molecular formula is C21H23F2N7O. The van der Waals surface area contributed by atoms with E-state index in [1.807, 2.05) is 30.3 Å². The summed E-state index contributed by atoms with van der Waals surface area (Å²) in [6, 6.07) is 13.3.